The van der Waals surface area contributed by atoms with Crippen molar-refractivity contribution in [1.29, 1.82) is 0 Å². The summed E-state index contributed by atoms with van der Waals surface area (Å²) in [5.41, 5.74) is 0. The summed E-state index contributed by atoms with van der Waals surface area (Å²) in [5, 5.41) is 0. The fraction of sp³-hybridized carbons (Fsp3) is 0.636. The first-order valence-electron chi connectivity index (χ1n) is 5.41. The molecule has 1 aromatic rings. The normalized spacial score (nSPS) is 21.8. The molecule has 0 spiro atoms. The summed E-state index contributed by atoms with van der Waals surface area (Å²) in [6.45, 7) is 6.47. The van der Waals surface area contributed by atoms with Gasteiger partial charge in [0.15, 0.2) is 0 Å². The van der Waals surface area contributed by atoms with E-state index in [1.165, 1.54) is 12.8 Å². The van der Waals surface area contributed by atoms with Gasteiger partial charge in [0.2, 0.25) is 0 Å². The predicted molar refractivity (Wildman–Crippen MR) is 65.1 cm³/mol. The minimum Gasteiger partial charge on any atom is -0.356 e. The van der Waals surface area contributed by atoms with Crippen molar-refractivity contribution < 1.29 is 0 Å². The monoisotopic (exact) mass is 269 g/mol. The second-order valence-electron chi connectivity index (χ2n) is 4.29. The van der Waals surface area contributed by atoms with Crippen LogP contribution in [0.5, 0.6) is 0 Å². The van der Waals surface area contributed by atoms with Crippen LogP contribution in [0.15, 0.2) is 10.7 Å². The van der Waals surface area contributed by atoms with E-state index in [-0.39, 0.29) is 0 Å². The molecule has 0 saturated carbocycles. The van der Waals surface area contributed by atoms with Gasteiger partial charge in [-0.1, -0.05) is 6.92 Å². The number of piperidine rings is 1. The third kappa shape index (κ3) is 2.68. The molecule has 15 heavy (non-hydrogen) atoms. The Labute approximate surface area is 99.0 Å². The Morgan fingerprint density at radius 3 is 2.93 bits per heavy atom. The highest BCUT2D eigenvalue weighted by Gasteiger charge is 2.18. The van der Waals surface area contributed by atoms with Gasteiger partial charge in [0.05, 0.1) is 0 Å². The van der Waals surface area contributed by atoms with Crippen LogP contribution in [-0.2, 0) is 0 Å². The molecule has 1 atom stereocenters. The number of halogens is 1. The zero-order valence-corrected chi connectivity index (χ0v) is 10.8. The average molecular weight is 270 g/mol. The number of aryl methyl sites for hydroxylation is 1. The van der Waals surface area contributed by atoms with E-state index in [1.807, 2.05) is 13.0 Å². The zero-order chi connectivity index (χ0) is 10.8. The lowest BCUT2D eigenvalue weighted by Crippen LogP contribution is -2.34. The van der Waals surface area contributed by atoms with Crippen molar-refractivity contribution >= 4 is 21.7 Å². The van der Waals surface area contributed by atoms with Gasteiger partial charge in [-0.2, -0.15) is 0 Å². The first-order valence-corrected chi connectivity index (χ1v) is 6.20. The number of nitrogens with zero attached hydrogens (tertiary/aromatic N) is 3. The van der Waals surface area contributed by atoms with E-state index < -0.39 is 0 Å². The Morgan fingerprint density at radius 1 is 1.47 bits per heavy atom. The molecule has 1 aliphatic rings. The fourth-order valence-electron chi connectivity index (χ4n) is 2.08. The number of rotatable bonds is 1. The molecular weight excluding hydrogens is 254 g/mol. The Kier molecular flexibility index (Phi) is 3.24. The first-order chi connectivity index (χ1) is 7.15. The third-order valence-electron chi connectivity index (χ3n) is 2.77. The topological polar surface area (TPSA) is 29.0 Å². The molecule has 1 aromatic heterocycles. The highest BCUT2D eigenvalue weighted by atomic mass is 79.9. The second kappa shape index (κ2) is 4.47. The summed E-state index contributed by atoms with van der Waals surface area (Å²) in [6.07, 6.45) is 2.60. The van der Waals surface area contributed by atoms with E-state index in [1.54, 1.807) is 0 Å². The highest BCUT2D eigenvalue weighted by Crippen LogP contribution is 2.22. The van der Waals surface area contributed by atoms with Crippen LogP contribution in [-0.4, -0.2) is 23.1 Å². The van der Waals surface area contributed by atoms with Crippen molar-refractivity contribution in [2.24, 2.45) is 5.92 Å². The Morgan fingerprint density at radius 2 is 2.27 bits per heavy atom. The molecule has 3 nitrogen and oxygen atoms in total. The Balaban J connectivity index is 2.20. The minimum absolute atomic E-state index is 0.771. The van der Waals surface area contributed by atoms with Crippen molar-refractivity contribution in [2.75, 3.05) is 18.0 Å². The van der Waals surface area contributed by atoms with Crippen molar-refractivity contribution in [3.63, 3.8) is 0 Å². The molecule has 0 N–H and O–H groups in total. The Bertz CT molecular complexity index is 333. The van der Waals surface area contributed by atoms with Crippen LogP contribution in [0.2, 0.25) is 0 Å². The van der Waals surface area contributed by atoms with Gasteiger partial charge in [-0.05, 0) is 41.6 Å². The molecule has 1 fully saturated rings. The molecule has 0 bridgehead atoms. The van der Waals surface area contributed by atoms with E-state index >= 15 is 0 Å². The molecule has 1 saturated heterocycles. The van der Waals surface area contributed by atoms with Gasteiger partial charge in [-0.25, -0.2) is 9.97 Å². The zero-order valence-electron chi connectivity index (χ0n) is 9.20. The largest absolute Gasteiger partial charge is 0.356 e. The van der Waals surface area contributed by atoms with Gasteiger partial charge in [0.25, 0.3) is 0 Å². The molecule has 0 radical (unpaired) electrons. The number of hydrogen-bond acceptors (Lipinski definition) is 3. The van der Waals surface area contributed by atoms with Crippen LogP contribution in [0.3, 0.4) is 0 Å². The van der Waals surface area contributed by atoms with Gasteiger partial charge in [0, 0.05) is 19.2 Å². The van der Waals surface area contributed by atoms with Crippen molar-refractivity contribution in [1.82, 2.24) is 9.97 Å². The minimum atomic E-state index is 0.771. The first kappa shape index (κ1) is 10.9. The summed E-state index contributed by atoms with van der Waals surface area (Å²) in [4.78, 5) is 11.1. The molecule has 1 unspecified atom stereocenters. The summed E-state index contributed by atoms with van der Waals surface area (Å²) < 4.78 is 0.878. The average Bonchev–Trinajstić information content (AvgIpc) is 2.16. The van der Waals surface area contributed by atoms with E-state index in [4.69, 9.17) is 0 Å². The smallest absolute Gasteiger partial charge is 0.133 e. The Hall–Kier alpha value is -0.640. The standard InChI is InChI=1S/C11H16BrN3/c1-8-4-3-5-15(7-8)11-6-10(12)13-9(2)14-11/h6,8H,3-5,7H2,1-2H3. The highest BCUT2D eigenvalue weighted by molar-refractivity contribution is 9.10. The predicted octanol–water partition coefficient (Wildman–Crippen LogP) is 2.78. The van der Waals surface area contributed by atoms with Crippen LogP contribution in [0.4, 0.5) is 5.82 Å². The second-order valence-corrected chi connectivity index (χ2v) is 5.10. The number of anilines is 1. The van der Waals surface area contributed by atoms with Gasteiger partial charge in [-0.3, -0.25) is 0 Å². The van der Waals surface area contributed by atoms with Crippen LogP contribution < -0.4 is 4.90 Å². The van der Waals surface area contributed by atoms with Crippen molar-refractivity contribution in [3.8, 4) is 0 Å². The molecule has 0 amide bonds. The van der Waals surface area contributed by atoms with Crippen LogP contribution in [0.1, 0.15) is 25.6 Å². The molecule has 0 aromatic carbocycles. The van der Waals surface area contributed by atoms with Crippen LogP contribution in [0, 0.1) is 12.8 Å². The third-order valence-corrected chi connectivity index (χ3v) is 3.18. The maximum atomic E-state index is 4.48. The number of aromatic nitrogens is 2. The summed E-state index contributed by atoms with van der Waals surface area (Å²) in [7, 11) is 0. The molecule has 82 valence electrons. The molecule has 1 aliphatic heterocycles. The maximum Gasteiger partial charge on any atom is 0.133 e. The van der Waals surface area contributed by atoms with Gasteiger partial charge in [0.1, 0.15) is 16.2 Å². The molecule has 4 heteroatoms. The molecule has 2 heterocycles. The number of hydrogen-bond donors (Lipinski definition) is 0. The fourth-order valence-corrected chi connectivity index (χ4v) is 2.54. The van der Waals surface area contributed by atoms with Crippen molar-refractivity contribution in [3.05, 3.63) is 16.5 Å². The molecule has 0 aliphatic carbocycles. The quantitative estimate of drug-likeness (QED) is 0.735. The lowest BCUT2D eigenvalue weighted by molar-refractivity contribution is 0.444. The van der Waals surface area contributed by atoms with E-state index in [0.717, 1.165) is 35.3 Å². The van der Waals surface area contributed by atoms with E-state index in [2.05, 4.69) is 37.7 Å². The lowest BCUT2D eigenvalue weighted by Gasteiger charge is -2.31. The van der Waals surface area contributed by atoms with E-state index in [0.29, 0.717) is 0 Å². The van der Waals surface area contributed by atoms with Gasteiger partial charge >= 0.3 is 0 Å². The van der Waals surface area contributed by atoms with Crippen LogP contribution in [0.25, 0.3) is 0 Å². The summed E-state index contributed by atoms with van der Waals surface area (Å²) in [6, 6.07) is 2.00. The molecule has 2 rings (SSSR count). The summed E-state index contributed by atoms with van der Waals surface area (Å²) in [5.74, 6) is 2.66. The maximum absolute atomic E-state index is 4.48. The van der Waals surface area contributed by atoms with Crippen molar-refractivity contribution in [2.45, 2.75) is 26.7 Å². The van der Waals surface area contributed by atoms with Gasteiger partial charge < -0.3 is 4.90 Å². The molecular formula is C11H16BrN3. The lowest BCUT2D eigenvalue weighted by atomic mass is 10.0. The van der Waals surface area contributed by atoms with Crippen LogP contribution >= 0.6 is 15.9 Å². The van der Waals surface area contributed by atoms with Gasteiger partial charge in [-0.15, -0.1) is 0 Å². The van der Waals surface area contributed by atoms with E-state index in [9.17, 15) is 0 Å². The SMILES string of the molecule is Cc1nc(Br)cc(N2CCCC(C)C2)n1. The summed E-state index contributed by atoms with van der Waals surface area (Å²) >= 11 is 3.42.